The predicted molar refractivity (Wildman–Crippen MR) is 120 cm³/mol. The first kappa shape index (κ1) is 20.8. The molecule has 0 aliphatic heterocycles. The fraction of sp³-hybridized carbons (Fsp3) is 0.0476. The number of nitrogens with one attached hydrogen (secondary N) is 1. The number of primary sulfonamides is 1. The van der Waals surface area contributed by atoms with Crippen molar-refractivity contribution in [3.05, 3.63) is 72.9 Å². The third-order valence-electron chi connectivity index (χ3n) is 4.18. The van der Waals surface area contributed by atoms with E-state index in [1.54, 1.807) is 37.6 Å². The Morgan fingerprint density at radius 2 is 1.84 bits per heavy atom. The Kier molecular flexibility index (Phi) is 5.85. The van der Waals surface area contributed by atoms with Crippen LogP contribution in [0.15, 0.2) is 77.8 Å². The van der Waals surface area contributed by atoms with Gasteiger partial charge >= 0.3 is 0 Å². The van der Waals surface area contributed by atoms with E-state index in [0.717, 1.165) is 5.56 Å². The molecule has 0 amide bonds. The quantitative estimate of drug-likeness (QED) is 0.425. The maximum Gasteiger partial charge on any atom is 0.277 e. The minimum atomic E-state index is -3.80. The van der Waals surface area contributed by atoms with Gasteiger partial charge in [-0.05, 0) is 35.6 Å². The number of hydrogen-bond acceptors (Lipinski definition) is 8. The molecule has 0 spiro atoms. The number of anilines is 2. The number of nitrogens with two attached hydrogens (primary N) is 1. The highest BCUT2D eigenvalue weighted by Crippen LogP contribution is 2.41. The molecular formula is C21H18N4O4S2. The van der Waals surface area contributed by atoms with E-state index in [-0.39, 0.29) is 4.90 Å². The van der Waals surface area contributed by atoms with Crippen LogP contribution in [0.5, 0.6) is 16.0 Å². The summed E-state index contributed by atoms with van der Waals surface area (Å²) in [6.45, 7) is 0. The Hall–Kier alpha value is -3.47. The van der Waals surface area contributed by atoms with Crippen LogP contribution in [0.1, 0.15) is 0 Å². The maximum absolute atomic E-state index is 11.6. The number of aromatic nitrogens is 2. The van der Waals surface area contributed by atoms with Gasteiger partial charge in [0.1, 0.15) is 17.3 Å². The Morgan fingerprint density at radius 1 is 1.03 bits per heavy atom. The molecule has 2 heterocycles. The van der Waals surface area contributed by atoms with E-state index in [9.17, 15) is 8.42 Å². The molecule has 0 unspecified atom stereocenters. The number of thiazole rings is 1. The van der Waals surface area contributed by atoms with Gasteiger partial charge in [0, 0.05) is 23.5 Å². The van der Waals surface area contributed by atoms with Gasteiger partial charge in [-0.3, -0.25) is 0 Å². The predicted octanol–water partition coefficient (Wildman–Crippen LogP) is 4.40. The SMILES string of the molecule is COc1nc(-c2ccccc2)c(Oc2ccnc(Nc3cccc(S(N)(=O)=O)c3)c2)s1. The number of benzene rings is 2. The molecule has 158 valence electrons. The molecular weight excluding hydrogens is 436 g/mol. The van der Waals surface area contributed by atoms with Crippen molar-refractivity contribution in [3.8, 4) is 27.3 Å². The van der Waals surface area contributed by atoms with E-state index < -0.39 is 10.0 Å². The summed E-state index contributed by atoms with van der Waals surface area (Å²) < 4.78 is 34.5. The lowest BCUT2D eigenvalue weighted by molar-refractivity contribution is 0.412. The van der Waals surface area contributed by atoms with Gasteiger partial charge in [-0.1, -0.05) is 36.4 Å². The van der Waals surface area contributed by atoms with E-state index in [4.69, 9.17) is 14.6 Å². The molecule has 31 heavy (non-hydrogen) atoms. The molecule has 10 heteroatoms. The molecule has 0 saturated heterocycles. The standard InChI is InChI=1S/C21H18N4O4S2/c1-28-21-25-19(14-6-3-2-4-7-14)20(30-21)29-16-10-11-23-18(13-16)24-15-8-5-9-17(12-15)31(22,26)27/h2-13H,1H3,(H,23,24)(H2,22,26,27). The highest BCUT2D eigenvalue weighted by Gasteiger charge is 2.16. The summed E-state index contributed by atoms with van der Waals surface area (Å²) in [7, 11) is -2.24. The molecule has 4 aromatic rings. The highest BCUT2D eigenvalue weighted by molar-refractivity contribution is 7.89. The summed E-state index contributed by atoms with van der Waals surface area (Å²) in [6.07, 6.45) is 1.58. The molecule has 2 aromatic carbocycles. The van der Waals surface area contributed by atoms with Crippen molar-refractivity contribution in [2.75, 3.05) is 12.4 Å². The van der Waals surface area contributed by atoms with Crippen LogP contribution in [-0.4, -0.2) is 25.5 Å². The van der Waals surface area contributed by atoms with Crippen LogP contribution < -0.4 is 19.9 Å². The van der Waals surface area contributed by atoms with Gasteiger partial charge in [-0.15, -0.1) is 0 Å². The van der Waals surface area contributed by atoms with Gasteiger partial charge in [0.2, 0.25) is 15.1 Å². The molecule has 8 nitrogen and oxygen atoms in total. The zero-order chi connectivity index (χ0) is 21.8. The Balaban J connectivity index is 1.60. The first-order chi connectivity index (χ1) is 14.9. The number of rotatable bonds is 7. The number of methoxy groups -OCH3 is 1. The van der Waals surface area contributed by atoms with Crippen molar-refractivity contribution in [2.24, 2.45) is 5.14 Å². The molecule has 0 radical (unpaired) electrons. The molecule has 0 fully saturated rings. The van der Waals surface area contributed by atoms with Crippen LogP contribution in [-0.2, 0) is 10.0 Å². The fourth-order valence-electron chi connectivity index (χ4n) is 2.77. The lowest BCUT2D eigenvalue weighted by Gasteiger charge is -2.09. The van der Waals surface area contributed by atoms with Crippen LogP contribution in [0.2, 0.25) is 0 Å². The van der Waals surface area contributed by atoms with Crippen LogP contribution in [0.25, 0.3) is 11.3 Å². The summed E-state index contributed by atoms with van der Waals surface area (Å²) in [5.41, 5.74) is 2.11. The fourth-order valence-corrected chi connectivity index (χ4v) is 4.11. The highest BCUT2D eigenvalue weighted by atomic mass is 32.2. The third kappa shape index (κ3) is 5.00. The Labute approximate surface area is 183 Å². The Bertz CT molecular complexity index is 1310. The zero-order valence-electron chi connectivity index (χ0n) is 16.3. The van der Waals surface area contributed by atoms with E-state index in [0.29, 0.717) is 33.2 Å². The second-order valence-electron chi connectivity index (χ2n) is 6.36. The van der Waals surface area contributed by atoms with Gasteiger partial charge in [0.05, 0.1) is 12.0 Å². The summed E-state index contributed by atoms with van der Waals surface area (Å²) >= 11 is 1.29. The second-order valence-corrected chi connectivity index (χ2v) is 8.85. The second kappa shape index (κ2) is 8.72. The van der Waals surface area contributed by atoms with Crippen LogP contribution in [0.3, 0.4) is 0 Å². The Morgan fingerprint density at radius 3 is 2.58 bits per heavy atom. The minimum Gasteiger partial charge on any atom is -0.473 e. The van der Waals surface area contributed by atoms with Gasteiger partial charge in [-0.2, -0.15) is 4.98 Å². The van der Waals surface area contributed by atoms with Crippen LogP contribution in [0, 0.1) is 0 Å². The maximum atomic E-state index is 11.6. The zero-order valence-corrected chi connectivity index (χ0v) is 18.0. The number of pyridine rings is 1. The molecule has 0 saturated carbocycles. The summed E-state index contributed by atoms with van der Waals surface area (Å²) in [6, 6.07) is 19.3. The molecule has 0 bridgehead atoms. The number of ether oxygens (including phenoxy) is 2. The first-order valence-corrected chi connectivity index (χ1v) is 11.4. The van der Waals surface area contributed by atoms with E-state index >= 15 is 0 Å². The topological polar surface area (TPSA) is 116 Å². The largest absolute Gasteiger partial charge is 0.473 e. The monoisotopic (exact) mass is 454 g/mol. The molecule has 0 aliphatic rings. The summed E-state index contributed by atoms with van der Waals surface area (Å²) in [4.78, 5) is 8.76. The smallest absolute Gasteiger partial charge is 0.277 e. The van der Waals surface area contributed by atoms with Crippen molar-refractivity contribution in [1.29, 1.82) is 0 Å². The lowest BCUT2D eigenvalue weighted by Crippen LogP contribution is -2.12. The van der Waals surface area contributed by atoms with E-state index in [1.165, 1.54) is 23.5 Å². The number of nitrogens with zero attached hydrogens (tertiary/aromatic N) is 2. The van der Waals surface area contributed by atoms with Crippen molar-refractivity contribution >= 4 is 32.9 Å². The van der Waals surface area contributed by atoms with Crippen LogP contribution >= 0.6 is 11.3 Å². The normalized spacial score (nSPS) is 11.2. The van der Waals surface area contributed by atoms with E-state index in [1.807, 2.05) is 30.3 Å². The summed E-state index contributed by atoms with van der Waals surface area (Å²) in [5.74, 6) is 1.00. The number of sulfonamides is 1. The molecule has 2 aromatic heterocycles. The van der Waals surface area contributed by atoms with Gasteiger partial charge in [0.25, 0.3) is 5.19 Å². The average molecular weight is 455 g/mol. The molecule has 4 rings (SSSR count). The van der Waals surface area contributed by atoms with Gasteiger partial charge < -0.3 is 14.8 Å². The molecule has 0 aliphatic carbocycles. The third-order valence-corrected chi connectivity index (χ3v) is 5.98. The number of hydrogen-bond donors (Lipinski definition) is 2. The first-order valence-electron chi connectivity index (χ1n) is 9.06. The van der Waals surface area contributed by atoms with E-state index in [2.05, 4.69) is 15.3 Å². The van der Waals surface area contributed by atoms with Crippen molar-refractivity contribution in [1.82, 2.24) is 9.97 Å². The van der Waals surface area contributed by atoms with Crippen molar-refractivity contribution in [2.45, 2.75) is 4.90 Å². The summed E-state index contributed by atoms with van der Waals surface area (Å²) in [5, 5.41) is 9.32. The van der Waals surface area contributed by atoms with Gasteiger partial charge in [0.15, 0.2) is 0 Å². The minimum absolute atomic E-state index is 0.00848. The molecule has 0 atom stereocenters. The van der Waals surface area contributed by atoms with Crippen molar-refractivity contribution in [3.63, 3.8) is 0 Å². The van der Waals surface area contributed by atoms with Crippen molar-refractivity contribution < 1.29 is 17.9 Å². The average Bonchev–Trinajstić information content (AvgIpc) is 3.17. The lowest BCUT2D eigenvalue weighted by atomic mass is 10.2. The molecule has 3 N–H and O–H groups in total. The van der Waals surface area contributed by atoms with Gasteiger partial charge in [-0.25, -0.2) is 18.5 Å². The van der Waals surface area contributed by atoms with Crippen LogP contribution in [0.4, 0.5) is 11.5 Å².